The predicted molar refractivity (Wildman–Crippen MR) is 119 cm³/mol. The predicted octanol–water partition coefficient (Wildman–Crippen LogP) is 1.96. The molecule has 0 radical (unpaired) electrons. The molecule has 1 saturated heterocycles. The normalized spacial score (nSPS) is 42.7. The molecule has 2 bridgehead atoms. The molecule has 9 heteroatoms. The van der Waals surface area contributed by atoms with Crippen LogP contribution in [0.25, 0.3) is 0 Å². The summed E-state index contributed by atoms with van der Waals surface area (Å²) < 4.78 is 5.78. The van der Waals surface area contributed by atoms with E-state index in [9.17, 15) is 14.7 Å². The monoisotopic (exact) mass is 475 g/mol. The number of hydrogen-bond donors (Lipinski definition) is 4. The van der Waals surface area contributed by atoms with Gasteiger partial charge in [-0.2, -0.15) is 0 Å². The van der Waals surface area contributed by atoms with Gasteiger partial charge in [-0.3, -0.25) is 9.59 Å². The van der Waals surface area contributed by atoms with Gasteiger partial charge >= 0.3 is 0 Å². The van der Waals surface area contributed by atoms with Gasteiger partial charge in [0.15, 0.2) is 0 Å². The quantitative estimate of drug-likeness (QED) is 0.440. The molecule has 2 amide bonds. The molecule has 4 saturated carbocycles. The molecule has 1 aliphatic heterocycles. The molecular weight excluding hydrogens is 441 g/mol. The van der Waals surface area contributed by atoms with E-state index in [2.05, 4.69) is 16.0 Å². The standard InChI is InChI=1S/C22H35Cl2N3O4/c23-15-5-4-14(11-16(15)24)31-13-19(29)26-22-8-6-21(7-9-22,12-18(22)28)27-20(30)17-3-1-2-10-25-17/h14-18,25,28H,1-13H2,(H,26,29)(H,27,30)/t14?,15?,16?,17?,18-,21?,22?/m0/s1. The molecule has 0 aromatic carbocycles. The molecule has 31 heavy (non-hydrogen) atoms. The van der Waals surface area contributed by atoms with Crippen molar-refractivity contribution >= 4 is 35.0 Å². The highest BCUT2D eigenvalue weighted by Gasteiger charge is 2.55. The molecule has 176 valence electrons. The Hall–Kier alpha value is -0.600. The molecule has 5 aliphatic rings. The first kappa shape index (κ1) is 23.6. The van der Waals surface area contributed by atoms with Crippen molar-refractivity contribution in [3.8, 4) is 0 Å². The number of aliphatic hydroxyl groups excluding tert-OH is 1. The van der Waals surface area contributed by atoms with Crippen molar-refractivity contribution in [3.05, 3.63) is 0 Å². The lowest BCUT2D eigenvalue weighted by Gasteiger charge is -2.56. The molecule has 5 atom stereocenters. The Morgan fingerprint density at radius 3 is 2.45 bits per heavy atom. The third kappa shape index (κ3) is 5.32. The molecule has 0 aromatic rings. The number of piperidine rings is 1. The Morgan fingerprint density at radius 1 is 1.03 bits per heavy atom. The number of aliphatic hydroxyl groups is 1. The molecule has 4 unspecified atom stereocenters. The SMILES string of the molecule is O=C(COC1CCC(Cl)C(Cl)C1)NC12CCC(NC(=O)C3CCCCN3)(CC1)C[C@@H]2O. The fourth-order valence-electron chi connectivity index (χ4n) is 5.79. The summed E-state index contributed by atoms with van der Waals surface area (Å²) in [7, 11) is 0. The third-order valence-corrected chi connectivity index (χ3v) is 8.95. The Labute approximate surface area is 194 Å². The Kier molecular flexibility index (Phi) is 7.38. The summed E-state index contributed by atoms with van der Waals surface area (Å²) in [6, 6.07) is -0.132. The van der Waals surface area contributed by atoms with Crippen LogP contribution in [0.4, 0.5) is 0 Å². The third-order valence-electron chi connectivity index (χ3n) is 7.82. The first-order chi connectivity index (χ1) is 14.8. The number of hydrogen-bond acceptors (Lipinski definition) is 5. The smallest absolute Gasteiger partial charge is 0.246 e. The van der Waals surface area contributed by atoms with E-state index < -0.39 is 11.6 Å². The van der Waals surface area contributed by atoms with Gasteiger partial charge in [-0.1, -0.05) is 6.42 Å². The van der Waals surface area contributed by atoms with Gasteiger partial charge in [-0.25, -0.2) is 0 Å². The summed E-state index contributed by atoms with van der Waals surface area (Å²) >= 11 is 12.4. The van der Waals surface area contributed by atoms with Crippen LogP contribution in [0.15, 0.2) is 0 Å². The van der Waals surface area contributed by atoms with E-state index in [1.165, 1.54) is 0 Å². The number of fused-ring (bicyclic) bond motifs is 3. The number of alkyl halides is 2. The second kappa shape index (κ2) is 9.72. The summed E-state index contributed by atoms with van der Waals surface area (Å²) in [6.07, 6.45) is 7.84. The van der Waals surface area contributed by atoms with Crippen molar-refractivity contribution in [1.29, 1.82) is 0 Å². The Morgan fingerprint density at radius 2 is 1.81 bits per heavy atom. The van der Waals surface area contributed by atoms with Crippen LogP contribution in [-0.4, -0.2) is 70.2 Å². The van der Waals surface area contributed by atoms with Gasteiger partial charge < -0.3 is 25.8 Å². The summed E-state index contributed by atoms with van der Waals surface area (Å²) in [5.74, 6) is -0.161. The van der Waals surface area contributed by atoms with Gasteiger partial charge in [-0.05, 0) is 70.8 Å². The van der Waals surface area contributed by atoms with E-state index >= 15 is 0 Å². The largest absolute Gasteiger partial charge is 0.391 e. The lowest BCUT2D eigenvalue weighted by molar-refractivity contribution is -0.140. The lowest BCUT2D eigenvalue weighted by atomic mass is 9.59. The number of halogens is 2. The van der Waals surface area contributed by atoms with Crippen LogP contribution >= 0.6 is 23.2 Å². The highest BCUT2D eigenvalue weighted by Crippen LogP contribution is 2.47. The van der Waals surface area contributed by atoms with E-state index in [1.807, 2.05) is 0 Å². The van der Waals surface area contributed by atoms with Crippen molar-refractivity contribution in [3.63, 3.8) is 0 Å². The van der Waals surface area contributed by atoms with Crippen LogP contribution < -0.4 is 16.0 Å². The number of rotatable bonds is 6. The number of carbonyl (C=O) groups is 2. The van der Waals surface area contributed by atoms with Gasteiger partial charge in [0.1, 0.15) is 6.61 Å². The van der Waals surface area contributed by atoms with Gasteiger partial charge in [0.2, 0.25) is 11.8 Å². The van der Waals surface area contributed by atoms with E-state index in [4.69, 9.17) is 27.9 Å². The zero-order valence-corrected chi connectivity index (χ0v) is 19.5. The molecule has 4 N–H and O–H groups in total. The van der Waals surface area contributed by atoms with Crippen LogP contribution in [-0.2, 0) is 14.3 Å². The van der Waals surface area contributed by atoms with Crippen molar-refractivity contribution in [2.45, 2.75) is 111 Å². The summed E-state index contributed by atoms with van der Waals surface area (Å²) in [5.41, 5.74) is -0.993. The number of carbonyl (C=O) groups excluding carboxylic acids is 2. The molecular formula is C22H35Cl2N3O4. The number of ether oxygens (including phenoxy) is 1. The lowest BCUT2D eigenvalue weighted by Crippen LogP contribution is -2.71. The molecule has 5 rings (SSSR count). The Balaban J connectivity index is 1.26. The fourth-order valence-corrected chi connectivity index (χ4v) is 6.34. The minimum Gasteiger partial charge on any atom is -0.391 e. The summed E-state index contributed by atoms with van der Waals surface area (Å²) in [4.78, 5) is 25.3. The highest BCUT2D eigenvalue weighted by atomic mass is 35.5. The summed E-state index contributed by atoms with van der Waals surface area (Å²) in [5, 5.41) is 20.3. The zero-order valence-electron chi connectivity index (χ0n) is 18.0. The van der Waals surface area contributed by atoms with Crippen LogP contribution in [0, 0.1) is 0 Å². The molecule has 7 nitrogen and oxygen atoms in total. The van der Waals surface area contributed by atoms with Crippen molar-refractivity contribution in [2.24, 2.45) is 0 Å². The number of amides is 2. The Bertz CT molecular complexity index is 665. The molecule has 4 aliphatic carbocycles. The maximum atomic E-state index is 12.7. The second-order valence-electron chi connectivity index (χ2n) is 9.97. The fraction of sp³-hybridized carbons (Fsp3) is 0.909. The van der Waals surface area contributed by atoms with Crippen LogP contribution in [0.3, 0.4) is 0 Å². The van der Waals surface area contributed by atoms with Gasteiger partial charge in [0.05, 0.1) is 34.5 Å². The minimum absolute atomic E-state index is 0.0368. The molecule has 5 fully saturated rings. The van der Waals surface area contributed by atoms with Crippen LogP contribution in [0.1, 0.15) is 70.6 Å². The maximum Gasteiger partial charge on any atom is 0.246 e. The van der Waals surface area contributed by atoms with E-state index in [1.54, 1.807) is 0 Å². The molecule has 0 aromatic heterocycles. The van der Waals surface area contributed by atoms with Crippen molar-refractivity contribution < 1.29 is 19.4 Å². The average molecular weight is 476 g/mol. The second-order valence-corrected chi connectivity index (χ2v) is 11.1. The topological polar surface area (TPSA) is 99.7 Å². The first-order valence-corrected chi connectivity index (χ1v) is 12.6. The van der Waals surface area contributed by atoms with Crippen LogP contribution in [0.2, 0.25) is 0 Å². The van der Waals surface area contributed by atoms with Gasteiger partial charge in [0.25, 0.3) is 0 Å². The van der Waals surface area contributed by atoms with Gasteiger partial charge in [-0.15, -0.1) is 23.2 Å². The maximum absolute atomic E-state index is 12.7. The minimum atomic E-state index is -0.683. The van der Waals surface area contributed by atoms with E-state index in [0.717, 1.165) is 51.5 Å². The van der Waals surface area contributed by atoms with Crippen LogP contribution in [0.5, 0.6) is 0 Å². The highest BCUT2D eigenvalue weighted by molar-refractivity contribution is 6.30. The summed E-state index contributed by atoms with van der Waals surface area (Å²) in [6.45, 7) is 0.842. The zero-order chi connectivity index (χ0) is 22.1. The van der Waals surface area contributed by atoms with Gasteiger partial charge in [0, 0.05) is 5.54 Å². The first-order valence-electron chi connectivity index (χ1n) is 11.8. The van der Waals surface area contributed by atoms with Crippen molar-refractivity contribution in [1.82, 2.24) is 16.0 Å². The van der Waals surface area contributed by atoms with E-state index in [0.29, 0.717) is 25.7 Å². The number of nitrogens with one attached hydrogen (secondary N) is 3. The molecule has 0 spiro atoms. The van der Waals surface area contributed by atoms with E-state index in [-0.39, 0.29) is 46.9 Å². The average Bonchev–Trinajstić information content (AvgIpc) is 2.76. The van der Waals surface area contributed by atoms with Crippen molar-refractivity contribution in [2.75, 3.05) is 13.2 Å². The molecule has 1 heterocycles.